The van der Waals surface area contributed by atoms with Crippen molar-refractivity contribution in [1.29, 1.82) is 0 Å². The first-order valence-corrected chi connectivity index (χ1v) is 8.35. The number of ether oxygens (including phenoxy) is 2. The van der Waals surface area contributed by atoms with Crippen molar-refractivity contribution in [3.8, 4) is 17.2 Å². The molecular formula is C19H16N4O3. The number of hydrogen-bond acceptors (Lipinski definition) is 6. The summed E-state index contributed by atoms with van der Waals surface area (Å²) in [6.07, 6.45) is 3.61. The summed E-state index contributed by atoms with van der Waals surface area (Å²) < 4.78 is 13.1. The Hall–Kier alpha value is -3.48. The lowest BCUT2D eigenvalue weighted by molar-refractivity contribution is 0.171. The first-order valence-electron chi connectivity index (χ1n) is 8.35. The van der Waals surface area contributed by atoms with Gasteiger partial charge >= 0.3 is 0 Å². The normalized spacial score (nSPS) is 17.8. The monoisotopic (exact) mass is 348 g/mol. The van der Waals surface area contributed by atoms with Crippen LogP contribution >= 0.6 is 0 Å². The quantitative estimate of drug-likeness (QED) is 0.741. The molecule has 1 aromatic heterocycles. The molecule has 0 saturated heterocycles. The largest absolute Gasteiger partial charge is 0.508 e. The average Bonchev–Trinajstić information content (AvgIpc) is 3.16. The molecule has 0 spiro atoms. The SMILES string of the molecule is Oc1ccc([C@@H]2C=C(c3ccc4c(c3)OCCO4)Nc3ncnn32)cc1. The number of anilines is 1. The summed E-state index contributed by atoms with van der Waals surface area (Å²) in [5.41, 5.74) is 2.90. The lowest BCUT2D eigenvalue weighted by Crippen LogP contribution is -2.20. The van der Waals surface area contributed by atoms with Crippen LogP contribution in [-0.2, 0) is 0 Å². The maximum Gasteiger partial charge on any atom is 0.226 e. The Kier molecular flexibility index (Phi) is 3.31. The third-order valence-corrected chi connectivity index (χ3v) is 4.50. The van der Waals surface area contributed by atoms with Gasteiger partial charge in [-0.3, -0.25) is 0 Å². The van der Waals surface area contributed by atoms with Crippen LogP contribution in [0.25, 0.3) is 5.70 Å². The summed E-state index contributed by atoms with van der Waals surface area (Å²) >= 11 is 0. The minimum absolute atomic E-state index is 0.127. The molecule has 2 aliphatic rings. The number of phenols is 1. The molecule has 0 radical (unpaired) electrons. The van der Waals surface area contributed by atoms with Crippen LogP contribution in [0.5, 0.6) is 17.2 Å². The molecule has 130 valence electrons. The Labute approximate surface area is 149 Å². The standard InChI is InChI=1S/C19H16N4O3/c24-14-4-1-12(2-5-14)16-10-15(22-19-20-11-21-23(16)19)13-3-6-17-18(9-13)26-8-7-25-17/h1-6,9-11,16,24H,7-8H2,(H,20,21,22)/t16-/m0/s1. The average molecular weight is 348 g/mol. The number of nitrogens with zero attached hydrogens (tertiary/aromatic N) is 3. The van der Waals surface area contributed by atoms with E-state index in [1.54, 1.807) is 12.1 Å². The minimum Gasteiger partial charge on any atom is -0.508 e. The zero-order valence-corrected chi connectivity index (χ0v) is 13.8. The maximum atomic E-state index is 9.56. The molecule has 0 saturated carbocycles. The van der Waals surface area contributed by atoms with Gasteiger partial charge in [-0.05, 0) is 42.0 Å². The van der Waals surface area contributed by atoms with Gasteiger partial charge in [0, 0.05) is 11.3 Å². The molecule has 1 atom stereocenters. The fourth-order valence-corrected chi connectivity index (χ4v) is 3.22. The highest BCUT2D eigenvalue weighted by Crippen LogP contribution is 2.36. The van der Waals surface area contributed by atoms with Crippen molar-refractivity contribution in [2.45, 2.75) is 6.04 Å². The Morgan fingerprint density at radius 1 is 1.04 bits per heavy atom. The van der Waals surface area contributed by atoms with E-state index in [0.29, 0.717) is 19.2 Å². The molecule has 2 N–H and O–H groups in total. The highest BCUT2D eigenvalue weighted by atomic mass is 16.6. The van der Waals surface area contributed by atoms with Crippen LogP contribution in [-0.4, -0.2) is 33.1 Å². The van der Waals surface area contributed by atoms with Gasteiger partial charge in [0.05, 0.1) is 0 Å². The summed E-state index contributed by atoms with van der Waals surface area (Å²) in [6, 6.07) is 12.9. The number of rotatable bonds is 2. The van der Waals surface area contributed by atoms with Crippen LogP contribution in [0.1, 0.15) is 17.2 Å². The molecule has 3 aromatic rings. The molecule has 0 fully saturated rings. The Morgan fingerprint density at radius 3 is 2.69 bits per heavy atom. The van der Waals surface area contributed by atoms with Gasteiger partial charge in [-0.1, -0.05) is 12.1 Å². The summed E-state index contributed by atoms with van der Waals surface area (Å²) in [6.45, 7) is 1.12. The van der Waals surface area contributed by atoms with Crippen LogP contribution in [0, 0.1) is 0 Å². The summed E-state index contributed by atoms with van der Waals surface area (Å²) in [5, 5.41) is 17.2. The van der Waals surface area contributed by atoms with E-state index in [2.05, 4.69) is 21.5 Å². The second kappa shape index (κ2) is 5.80. The lowest BCUT2D eigenvalue weighted by atomic mass is 10.0. The molecule has 7 heteroatoms. The summed E-state index contributed by atoms with van der Waals surface area (Å²) in [7, 11) is 0. The lowest BCUT2D eigenvalue weighted by Gasteiger charge is -2.25. The smallest absolute Gasteiger partial charge is 0.226 e. The number of aromatic hydroxyl groups is 1. The van der Waals surface area contributed by atoms with E-state index in [-0.39, 0.29) is 11.8 Å². The highest BCUT2D eigenvalue weighted by molar-refractivity contribution is 5.78. The molecule has 5 rings (SSSR count). The Morgan fingerprint density at radius 2 is 1.85 bits per heavy atom. The maximum absolute atomic E-state index is 9.56. The zero-order valence-electron chi connectivity index (χ0n) is 13.8. The third kappa shape index (κ3) is 2.45. The van der Waals surface area contributed by atoms with Gasteiger partial charge in [-0.25, -0.2) is 4.68 Å². The van der Waals surface area contributed by atoms with Crippen molar-refractivity contribution >= 4 is 11.6 Å². The van der Waals surface area contributed by atoms with Gasteiger partial charge in [-0.15, -0.1) is 0 Å². The van der Waals surface area contributed by atoms with Crippen molar-refractivity contribution in [2.75, 3.05) is 18.5 Å². The summed E-state index contributed by atoms with van der Waals surface area (Å²) in [4.78, 5) is 4.31. The second-order valence-corrected chi connectivity index (χ2v) is 6.13. The Bertz CT molecular complexity index is 994. The van der Waals surface area contributed by atoms with Gasteiger partial charge in [0.25, 0.3) is 0 Å². The third-order valence-electron chi connectivity index (χ3n) is 4.50. The van der Waals surface area contributed by atoms with E-state index in [4.69, 9.17) is 9.47 Å². The number of nitrogens with one attached hydrogen (secondary N) is 1. The van der Waals surface area contributed by atoms with Crippen molar-refractivity contribution in [3.63, 3.8) is 0 Å². The van der Waals surface area contributed by atoms with E-state index in [1.807, 2.05) is 35.0 Å². The van der Waals surface area contributed by atoms with E-state index in [1.165, 1.54) is 6.33 Å². The predicted octanol–water partition coefficient (Wildman–Crippen LogP) is 2.81. The molecule has 26 heavy (non-hydrogen) atoms. The van der Waals surface area contributed by atoms with E-state index in [0.717, 1.165) is 28.3 Å². The second-order valence-electron chi connectivity index (χ2n) is 6.13. The van der Waals surface area contributed by atoms with Crippen molar-refractivity contribution in [3.05, 3.63) is 66.0 Å². The Balaban J connectivity index is 1.57. The van der Waals surface area contributed by atoms with E-state index < -0.39 is 0 Å². The number of fused-ring (bicyclic) bond motifs is 2. The first kappa shape index (κ1) is 14.8. The number of phenolic OH excluding ortho intramolecular Hbond substituents is 1. The molecule has 2 aromatic carbocycles. The van der Waals surface area contributed by atoms with Gasteiger partial charge in [0.2, 0.25) is 5.95 Å². The van der Waals surface area contributed by atoms with Gasteiger partial charge < -0.3 is 19.9 Å². The molecule has 0 unspecified atom stereocenters. The number of benzene rings is 2. The fraction of sp³-hybridized carbons (Fsp3) is 0.158. The minimum atomic E-state index is -0.127. The molecule has 3 heterocycles. The first-order chi connectivity index (χ1) is 12.8. The van der Waals surface area contributed by atoms with E-state index in [9.17, 15) is 5.11 Å². The summed E-state index contributed by atoms with van der Waals surface area (Å²) in [5.74, 6) is 2.40. The van der Waals surface area contributed by atoms with Crippen molar-refractivity contribution in [2.24, 2.45) is 0 Å². The van der Waals surface area contributed by atoms with Gasteiger partial charge in [0.1, 0.15) is 31.3 Å². The molecule has 0 aliphatic carbocycles. The van der Waals surface area contributed by atoms with Crippen LogP contribution in [0.15, 0.2) is 54.9 Å². The highest BCUT2D eigenvalue weighted by Gasteiger charge is 2.24. The van der Waals surface area contributed by atoms with Crippen molar-refractivity contribution < 1.29 is 14.6 Å². The number of aromatic nitrogens is 3. The van der Waals surface area contributed by atoms with Crippen molar-refractivity contribution in [1.82, 2.24) is 14.8 Å². The van der Waals surface area contributed by atoms with Gasteiger partial charge in [-0.2, -0.15) is 10.1 Å². The molecule has 7 nitrogen and oxygen atoms in total. The number of hydrogen-bond donors (Lipinski definition) is 2. The molecule has 0 amide bonds. The van der Waals surface area contributed by atoms with Crippen LogP contribution < -0.4 is 14.8 Å². The zero-order chi connectivity index (χ0) is 17.5. The van der Waals surface area contributed by atoms with E-state index >= 15 is 0 Å². The van der Waals surface area contributed by atoms with Gasteiger partial charge in [0.15, 0.2) is 11.5 Å². The van der Waals surface area contributed by atoms with Crippen LogP contribution in [0.4, 0.5) is 5.95 Å². The fourth-order valence-electron chi connectivity index (χ4n) is 3.22. The topological polar surface area (TPSA) is 81.4 Å². The molecule has 2 aliphatic heterocycles. The molecule has 0 bridgehead atoms. The van der Waals surface area contributed by atoms with Crippen LogP contribution in [0.2, 0.25) is 0 Å². The number of allylic oxidation sites excluding steroid dienone is 1. The predicted molar refractivity (Wildman–Crippen MR) is 95.3 cm³/mol. The molecular weight excluding hydrogens is 332 g/mol. The van der Waals surface area contributed by atoms with Crippen LogP contribution in [0.3, 0.4) is 0 Å².